The number of alkyl halides is 3. The first-order valence-corrected chi connectivity index (χ1v) is 10.5. The summed E-state index contributed by atoms with van der Waals surface area (Å²) in [5.41, 5.74) is 11.5. The molecule has 3 N–H and O–H groups in total. The minimum absolute atomic E-state index is 0. The van der Waals surface area contributed by atoms with E-state index >= 15 is 0 Å². The van der Waals surface area contributed by atoms with E-state index < -0.39 is 6.36 Å². The predicted octanol–water partition coefficient (Wildman–Crippen LogP) is 6.25. The van der Waals surface area contributed by atoms with E-state index in [-0.39, 0.29) is 47.1 Å². The van der Waals surface area contributed by atoms with Crippen LogP contribution in [-0.4, -0.2) is 30.4 Å². The van der Waals surface area contributed by atoms with Crippen LogP contribution in [0.3, 0.4) is 0 Å². The van der Waals surface area contributed by atoms with Crippen LogP contribution in [0, 0.1) is 0 Å². The molecule has 3 aromatic rings. The molecule has 0 radical (unpaired) electrons. The molecule has 2 aromatic carbocycles. The predicted molar refractivity (Wildman–Crippen MR) is 136 cm³/mol. The molecule has 0 aliphatic carbocycles. The van der Waals surface area contributed by atoms with Crippen LogP contribution in [0.15, 0.2) is 59.7 Å². The fraction of sp³-hybridized carbons (Fsp3) is 0.227. The van der Waals surface area contributed by atoms with Gasteiger partial charge in [-0.1, -0.05) is 17.7 Å². The van der Waals surface area contributed by atoms with Crippen LogP contribution in [-0.2, 0) is 6.54 Å². The normalized spacial score (nSPS) is 12.3. The van der Waals surface area contributed by atoms with Crippen molar-refractivity contribution in [3.05, 3.63) is 65.4 Å². The second-order valence-electron chi connectivity index (χ2n) is 7.18. The first kappa shape index (κ1) is 28.4. The van der Waals surface area contributed by atoms with Gasteiger partial charge in [0.05, 0.1) is 22.1 Å². The van der Waals surface area contributed by atoms with Crippen molar-refractivity contribution < 1.29 is 22.6 Å². The molecule has 4 rings (SSSR count). The Morgan fingerprint density at radius 3 is 2.57 bits per heavy atom. The molecule has 0 atom stereocenters. The molecule has 0 saturated heterocycles. The monoisotopic (exact) mass is 551 g/mol. The lowest BCUT2D eigenvalue weighted by Crippen LogP contribution is -2.33. The molecule has 0 bridgehead atoms. The highest BCUT2D eigenvalue weighted by atomic mass is 35.5. The van der Waals surface area contributed by atoms with Gasteiger partial charge in [0.25, 0.3) is 0 Å². The third-order valence-corrected chi connectivity index (χ3v) is 5.07. The molecule has 35 heavy (non-hydrogen) atoms. The average molecular weight is 553 g/mol. The SMILES string of the molecule is Cl.Cl.NCCCn1ccc2c1C=NCN2Nc1ccc(Oc2cccc(OC(F)(F)F)c2)c(Cl)c1. The summed E-state index contributed by atoms with van der Waals surface area (Å²) in [6.07, 6.45) is -0.0878. The molecule has 7 nitrogen and oxygen atoms in total. The summed E-state index contributed by atoms with van der Waals surface area (Å²) in [5.74, 6) is 0.0686. The number of aliphatic imine (C=N–C) groups is 1. The number of hydrogen-bond donors (Lipinski definition) is 2. The molecule has 0 amide bonds. The maximum absolute atomic E-state index is 12.4. The zero-order chi connectivity index (χ0) is 23.4. The lowest BCUT2D eigenvalue weighted by molar-refractivity contribution is -0.274. The van der Waals surface area contributed by atoms with E-state index in [1.54, 1.807) is 18.2 Å². The van der Waals surface area contributed by atoms with Gasteiger partial charge in [-0.3, -0.25) is 15.4 Å². The number of nitrogens with two attached hydrogens (primary N) is 1. The molecule has 13 heteroatoms. The summed E-state index contributed by atoms with van der Waals surface area (Å²) in [6, 6.07) is 12.3. The quantitative estimate of drug-likeness (QED) is 0.346. The molecule has 1 aliphatic rings. The van der Waals surface area contributed by atoms with Crippen molar-refractivity contribution in [1.29, 1.82) is 0 Å². The molecule has 2 heterocycles. The topological polar surface area (TPSA) is 77.0 Å². The third-order valence-electron chi connectivity index (χ3n) is 4.78. The van der Waals surface area contributed by atoms with Crippen LogP contribution in [0.25, 0.3) is 0 Å². The highest BCUT2D eigenvalue weighted by Gasteiger charge is 2.31. The molecule has 0 saturated carbocycles. The number of halogens is 6. The zero-order valence-electron chi connectivity index (χ0n) is 18.2. The van der Waals surface area contributed by atoms with E-state index in [1.807, 2.05) is 23.5 Å². The van der Waals surface area contributed by atoms with Crippen molar-refractivity contribution in [3.63, 3.8) is 0 Å². The Balaban J connectivity index is 0.00000216. The van der Waals surface area contributed by atoms with Crippen molar-refractivity contribution in [2.75, 3.05) is 23.6 Å². The van der Waals surface area contributed by atoms with Gasteiger partial charge in [-0.05, 0) is 49.4 Å². The second kappa shape index (κ2) is 12.3. The molecular formula is C22H23Cl3F3N5O2. The van der Waals surface area contributed by atoms with E-state index in [1.165, 1.54) is 18.2 Å². The van der Waals surface area contributed by atoms with Crippen LogP contribution >= 0.6 is 36.4 Å². The first-order valence-electron chi connectivity index (χ1n) is 10.1. The van der Waals surface area contributed by atoms with E-state index in [4.69, 9.17) is 22.1 Å². The largest absolute Gasteiger partial charge is 0.573 e. The highest BCUT2D eigenvalue weighted by Crippen LogP contribution is 2.34. The number of anilines is 2. The summed E-state index contributed by atoms with van der Waals surface area (Å²) in [5, 5.41) is 2.17. The maximum atomic E-state index is 12.4. The Hall–Kier alpha value is -2.79. The zero-order valence-corrected chi connectivity index (χ0v) is 20.6. The van der Waals surface area contributed by atoms with Gasteiger partial charge in [0.2, 0.25) is 0 Å². The van der Waals surface area contributed by atoms with Gasteiger partial charge in [-0.15, -0.1) is 38.0 Å². The molecule has 1 aromatic heterocycles. The second-order valence-corrected chi connectivity index (χ2v) is 7.59. The van der Waals surface area contributed by atoms with E-state index in [2.05, 4.69) is 19.7 Å². The van der Waals surface area contributed by atoms with Crippen molar-refractivity contribution in [3.8, 4) is 17.2 Å². The average Bonchev–Trinajstić information content (AvgIpc) is 3.17. The standard InChI is InChI=1S/C22H21ClF3N5O2.2ClH/c23-18-11-15(29-31-14-28-13-20-19(31)7-10-30(20)9-2-8-27)5-6-21(18)32-16-3-1-4-17(12-16)33-22(24,25)26;;/h1,3-7,10-13,29H,2,8-9,14,27H2;2*1H. The number of aromatic nitrogens is 1. The van der Waals surface area contributed by atoms with Crippen molar-refractivity contribution >= 4 is 54.0 Å². The molecule has 0 fully saturated rings. The number of nitrogens with zero attached hydrogens (tertiary/aromatic N) is 3. The van der Waals surface area contributed by atoms with E-state index in [0.29, 0.717) is 18.9 Å². The summed E-state index contributed by atoms with van der Waals surface area (Å²) < 4.78 is 49.0. The smallest absolute Gasteiger partial charge is 0.456 e. The highest BCUT2D eigenvalue weighted by molar-refractivity contribution is 6.32. The van der Waals surface area contributed by atoms with E-state index in [9.17, 15) is 13.2 Å². The van der Waals surface area contributed by atoms with Crippen molar-refractivity contribution in [2.45, 2.75) is 19.3 Å². The maximum Gasteiger partial charge on any atom is 0.573 e. The molecule has 1 aliphatic heterocycles. The van der Waals surface area contributed by atoms with Gasteiger partial charge in [0.15, 0.2) is 0 Å². The summed E-state index contributed by atoms with van der Waals surface area (Å²) in [7, 11) is 0. The lowest BCUT2D eigenvalue weighted by atomic mass is 10.3. The van der Waals surface area contributed by atoms with Crippen LogP contribution < -0.4 is 25.6 Å². The number of hydrazine groups is 1. The van der Waals surface area contributed by atoms with Gasteiger partial charge < -0.3 is 19.8 Å². The number of hydrogen-bond acceptors (Lipinski definition) is 6. The first-order chi connectivity index (χ1) is 15.8. The number of nitrogens with one attached hydrogen (secondary N) is 1. The number of rotatable bonds is 8. The van der Waals surface area contributed by atoms with Crippen LogP contribution in [0.5, 0.6) is 17.2 Å². The Kier molecular flexibility index (Phi) is 9.96. The molecule has 190 valence electrons. The minimum atomic E-state index is -4.78. The van der Waals surface area contributed by atoms with Crippen molar-refractivity contribution in [1.82, 2.24) is 4.57 Å². The summed E-state index contributed by atoms with van der Waals surface area (Å²) in [6.45, 7) is 1.83. The number of ether oxygens (including phenoxy) is 2. The van der Waals surface area contributed by atoms with Gasteiger partial charge in [-0.2, -0.15) is 0 Å². The summed E-state index contributed by atoms with van der Waals surface area (Å²) in [4.78, 5) is 4.40. The Morgan fingerprint density at radius 2 is 1.86 bits per heavy atom. The fourth-order valence-electron chi connectivity index (χ4n) is 3.35. The molecule has 0 spiro atoms. The van der Waals surface area contributed by atoms with Gasteiger partial charge in [0.1, 0.15) is 23.9 Å². The summed E-state index contributed by atoms with van der Waals surface area (Å²) >= 11 is 6.36. The molecule has 0 unspecified atom stereocenters. The van der Waals surface area contributed by atoms with Gasteiger partial charge in [-0.25, -0.2) is 0 Å². The fourth-order valence-corrected chi connectivity index (χ4v) is 3.57. The van der Waals surface area contributed by atoms with E-state index in [0.717, 1.165) is 30.4 Å². The number of aryl methyl sites for hydroxylation is 1. The Labute approximate surface area is 217 Å². The lowest BCUT2D eigenvalue weighted by Gasteiger charge is -2.27. The van der Waals surface area contributed by atoms with Crippen LogP contribution in [0.2, 0.25) is 5.02 Å². The van der Waals surface area contributed by atoms with Gasteiger partial charge >= 0.3 is 6.36 Å². The van der Waals surface area contributed by atoms with Crippen LogP contribution in [0.4, 0.5) is 24.5 Å². The number of benzene rings is 2. The molecular weight excluding hydrogens is 530 g/mol. The minimum Gasteiger partial charge on any atom is -0.456 e. The van der Waals surface area contributed by atoms with Crippen LogP contribution in [0.1, 0.15) is 12.1 Å². The van der Waals surface area contributed by atoms with Crippen molar-refractivity contribution in [2.24, 2.45) is 10.7 Å². The Bertz CT molecular complexity index is 1160. The Morgan fingerprint density at radius 1 is 1.09 bits per heavy atom. The van der Waals surface area contributed by atoms with Gasteiger partial charge in [0, 0.05) is 25.0 Å². The third kappa shape index (κ3) is 7.35. The number of fused-ring (bicyclic) bond motifs is 1.